The largest absolute Gasteiger partial charge is 0.449 e. The first-order valence-corrected chi connectivity index (χ1v) is 7.77. The maximum atomic E-state index is 12.1. The molecule has 0 aliphatic heterocycles. The maximum absolute atomic E-state index is 12.1. The minimum Gasteiger partial charge on any atom is -0.449 e. The molecule has 0 radical (unpaired) electrons. The molecular weight excluding hydrogens is 296 g/mol. The third-order valence-electron chi connectivity index (χ3n) is 3.13. The summed E-state index contributed by atoms with van der Waals surface area (Å²) in [5.41, 5.74) is 0.382. The van der Waals surface area contributed by atoms with E-state index < -0.39 is 12.1 Å². The van der Waals surface area contributed by atoms with Crippen LogP contribution in [0.5, 0.6) is 0 Å². The fraction of sp³-hybridized carbons (Fsp3) is 0.471. The van der Waals surface area contributed by atoms with Gasteiger partial charge in [-0.15, -0.1) is 0 Å². The fourth-order valence-corrected chi connectivity index (χ4v) is 1.83. The second kappa shape index (κ2) is 9.61. The van der Waals surface area contributed by atoms with Gasteiger partial charge < -0.3 is 15.4 Å². The van der Waals surface area contributed by atoms with Crippen LogP contribution in [0.2, 0.25) is 0 Å². The quantitative estimate of drug-likeness (QED) is 0.711. The molecule has 0 fully saturated rings. The Labute approximate surface area is 136 Å². The third kappa shape index (κ3) is 6.50. The Morgan fingerprint density at radius 1 is 1.04 bits per heavy atom. The Bertz CT molecular complexity index is 529. The second-order valence-electron chi connectivity index (χ2n) is 5.39. The standard InChI is InChI=1S/C17H24N2O4/c1-4-18-16(21)14(10-11-19-15(20)12(2)3)23-17(22)13-8-6-5-7-9-13/h5-9,12,14H,4,10-11H2,1-3H3,(H,18,21)(H,19,20). The summed E-state index contributed by atoms with van der Waals surface area (Å²) >= 11 is 0. The van der Waals surface area contributed by atoms with E-state index in [2.05, 4.69) is 10.6 Å². The average molecular weight is 320 g/mol. The number of carbonyl (C=O) groups excluding carboxylic acids is 3. The number of benzene rings is 1. The third-order valence-corrected chi connectivity index (χ3v) is 3.13. The van der Waals surface area contributed by atoms with Crippen molar-refractivity contribution in [1.29, 1.82) is 0 Å². The molecule has 1 aromatic rings. The number of likely N-dealkylation sites (N-methyl/N-ethyl adjacent to an activating group) is 1. The van der Waals surface area contributed by atoms with E-state index in [4.69, 9.17) is 4.74 Å². The number of carbonyl (C=O) groups is 3. The molecule has 126 valence electrons. The van der Waals surface area contributed by atoms with Crippen molar-refractivity contribution in [3.05, 3.63) is 35.9 Å². The van der Waals surface area contributed by atoms with Gasteiger partial charge in [-0.05, 0) is 19.1 Å². The van der Waals surface area contributed by atoms with E-state index >= 15 is 0 Å². The van der Waals surface area contributed by atoms with Crippen LogP contribution in [0.1, 0.15) is 37.6 Å². The van der Waals surface area contributed by atoms with Crippen molar-refractivity contribution in [2.24, 2.45) is 5.92 Å². The summed E-state index contributed by atoms with van der Waals surface area (Å²) in [6.07, 6.45) is -0.710. The zero-order valence-electron chi connectivity index (χ0n) is 13.8. The zero-order chi connectivity index (χ0) is 17.2. The predicted octanol–water partition coefficient (Wildman–Crippen LogP) is 1.51. The topological polar surface area (TPSA) is 84.5 Å². The molecule has 0 aromatic heterocycles. The van der Waals surface area contributed by atoms with Gasteiger partial charge in [0.25, 0.3) is 5.91 Å². The second-order valence-corrected chi connectivity index (χ2v) is 5.39. The monoisotopic (exact) mass is 320 g/mol. The average Bonchev–Trinajstić information content (AvgIpc) is 2.54. The van der Waals surface area contributed by atoms with Gasteiger partial charge >= 0.3 is 5.97 Å². The van der Waals surface area contributed by atoms with E-state index in [1.54, 1.807) is 51.1 Å². The lowest BCUT2D eigenvalue weighted by atomic mass is 10.2. The van der Waals surface area contributed by atoms with Crippen molar-refractivity contribution in [1.82, 2.24) is 10.6 Å². The summed E-state index contributed by atoms with van der Waals surface area (Å²) in [6, 6.07) is 8.48. The summed E-state index contributed by atoms with van der Waals surface area (Å²) in [5.74, 6) is -1.16. The van der Waals surface area contributed by atoms with Gasteiger partial charge in [-0.2, -0.15) is 0 Å². The first-order valence-electron chi connectivity index (χ1n) is 7.77. The Morgan fingerprint density at radius 3 is 2.26 bits per heavy atom. The Balaban J connectivity index is 2.63. The predicted molar refractivity (Wildman–Crippen MR) is 86.8 cm³/mol. The summed E-state index contributed by atoms with van der Waals surface area (Å²) in [6.45, 7) is 6.06. The smallest absolute Gasteiger partial charge is 0.338 e. The lowest BCUT2D eigenvalue weighted by molar-refractivity contribution is -0.130. The van der Waals surface area contributed by atoms with E-state index in [1.165, 1.54) is 0 Å². The van der Waals surface area contributed by atoms with E-state index in [0.717, 1.165) is 0 Å². The molecule has 1 rings (SSSR count). The van der Waals surface area contributed by atoms with Crippen molar-refractivity contribution >= 4 is 17.8 Å². The molecular formula is C17H24N2O4. The molecule has 0 aliphatic rings. The van der Waals surface area contributed by atoms with Gasteiger partial charge in [0.15, 0.2) is 6.10 Å². The van der Waals surface area contributed by atoms with Crippen molar-refractivity contribution in [3.8, 4) is 0 Å². The number of hydrogen-bond acceptors (Lipinski definition) is 4. The Kier molecular flexibility index (Phi) is 7.80. The van der Waals surface area contributed by atoms with Gasteiger partial charge in [-0.3, -0.25) is 9.59 Å². The molecule has 0 saturated heterocycles. The molecule has 0 aliphatic carbocycles. The molecule has 6 nitrogen and oxygen atoms in total. The molecule has 6 heteroatoms. The van der Waals surface area contributed by atoms with Gasteiger partial charge in [0.2, 0.25) is 5.91 Å². The number of esters is 1. The first-order chi connectivity index (χ1) is 11.0. The molecule has 23 heavy (non-hydrogen) atoms. The highest BCUT2D eigenvalue weighted by Gasteiger charge is 2.23. The summed E-state index contributed by atoms with van der Waals surface area (Å²) in [5, 5.41) is 5.35. The number of nitrogens with one attached hydrogen (secondary N) is 2. The lowest BCUT2D eigenvalue weighted by Gasteiger charge is -2.18. The van der Waals surface area contributed by atoms with Gasteiger partial charge in [0, 0.05) is 25.4 Å². The van der Waals surface area contributed by atoms with Crippen LogP contribution in [0, 0.1) is 5.92 Å². The molecule has 2 amide bonds. The normalized spacial score (nSPS) is 11.7. The molecule has 0 bridgehead atoms. The highest BCUT2D eigenvalue weighted by atomic mass is 16.5. The van der Waals surface area contributed by atoms with Crippen LogP contribution < -0.4 is 10.6 Å². The molecule has 2 N–H and O–H groups in total. The van der Waals surface area contributed by atoms with Crippen LogP contribution in [-0.4, -0.2) is 37.0 Å². The number of ether oxygens (including phenoxy) is 1. The zero-order valence-corrected chi connectivity index (χ0v) is 13.8. The van der Waals surface area contributed by atoms with Crippen molar-refractivity contribution in [2.45, 2.75) is 33.3 Å². The van der Waals surface area contributed by atoms with Gasteiger partial charge in [0.05, 0.1) is 5.56 Å². The maximum Gasteiger partial charge on any atom is 0.338 e. The molecule has 1 unspecified atom stereocenters. The van der Waals surface area contributed by atoms with E-state index in [-0.39, 0.29) is 30.7 Å². The van der Waals surface area contributed by atoms with Crippen molar-refractivity contribution < 1.29 is 19.1 Å². The van der Waals surface area contributed by atoms with Crippen LogP contribution in [-0.2, 0) is 14.3 Å². The SMILES string of the molecule is CCNC(=O)C(CCNC(=O)C(C)C)OC(=O)c1ccccc1. The summed E-state index contributed by atoms with van der Waals surface area (Å²) < 4.78 is 5.29. The van der Waals surface area contributed by atoms with Crippen LogP contribution in [0.3, 0.4) is 0 Å². The number of rotatable bonds is 8. The number of amides is 2. The first kappa shape index (κ1) is 18.7. The molecule has 1 aromatic carbocycles. The van der Waals surface area contributed by atoms with Gasteiger partial charge in [-0.1, -0.05) is 32.0 Å². The molecule has 0 saturated carbocycles. The van der Waals surface area contributed by atoms with Crippen LogP contribution in [0.15, 0.2) is 30.3 Å². The van der Waals surface area contributed by atoms with Crippen LogP contribution >= 0.6 is 0 Å². The molecule has 0 spiro atoms. The highest BCUT2D eigenvalue weighted by Crippen LogP contribution is 2.07. The van der Waals surface area contributed by atoms with E-state index in [0.29, 0.717) is 12.1 Å². The van der Waals surface area contributed by atoms with Crippen LogP contribution in [0.4, 0.5) is 0 Å². The fourth-order valence-electron chi connectivity index (χ4n) is 1.83. The Hall–Kier alpha value is -2.37. The van der Waals surface area contributed by atoms with Gasteiger partial charge in [0.1, 0.15) is 0 Å². The van der Waals surface area contributed by atoms with Crippen molar-refractivity contribution in [3.63, 3.8) is 0 Å². The van der Waals surface area contributed by atoms with E-state index in [1.807, 2.05) is 0 Å². The lowest BCUT2D eigenvalue weighted by Crippen LogP contribution is -2.40. The van der Waals surface area contributed by atoms with Crippen LogP contribution in [0.25, 0.3) is 0 Å². The van der Waals surface area contributed by atoms with Gasteiger partial charge in [-0.25, -0.2) is 4.79 Å². The Morgan fingerprint density at radius 2 is 1.70 bits per heavy atom. The van der Waals surface area contributed by atoms with E-state index in [9.17, 15) is 14.4 Å². The molecule has 1 atom stereocenters. The summed E-state index contributed by atoms with van der Waals surface area (Å²) in [4.78, 5) is 35.6. The minimum atomic E-state index is -0.935. The minimum absolute atomic E-state index is 0.103. The number of hydrogen-bond donors (Lipinski definition) is 2. The van der Waals surface area contributed by atoms with Crippen molar-refractivity contribution in [2.75, 3.05) is 13.1 Å². The highest BCUT2D eigenvalue weighted by molar-refractivity contribution is 5.92. The summed E-state index contributed by atoms with van der Waals surface area (Å²) in [7, 11) is 0. The molecule has 0 heterocycles.